The number of aliphatic hydroxyl groups excluding tert-OH is 1. The van der Waals surface area contributed by atoms with Gasteiger partial charge in [0.25, 0.3) is 0 Å². The van der Waals surface area contributed by atoms with Crippen molar-refractivity contribution in [2.75, 3.05) is 0 Å². The van der Waals surface area contributed by atoms with Crippen molar-refractivity contribution in [1.82, 2.24) is 0 Å². The Morgan fingerprint density at radius 2 is 1.90 bits per heavy atom. The minimum Gasteiger partial charge on any atom is -0.368 e. The highest BCUT2D eigenvalue weighted by atomic mass is 16.6. The number of hydrogen-bond acceptors (Lipinski definition) is 2. The summed E-state index contributed by atoms with van der Waals surface area (Å²) in [6.07, 6.45) is 9.86. The Kier molecular flexibility index (Phi) is 3.11. The zero-order valence-corrected chi connectivity index (χ0v) is 13.6. The molecule has 4 aliphatic rings. The second kappa shape index (κ2) is 4.58. The first-order valence-corrected chi connectivity index (χ1v) is 8.95. The third-order valence-electron chi connectivity index (χ3n) is 8.06. The van der Waals surface area contributed by atoms with Crippen LogP contribution in [0.3, 0.4) is 0 Å². The summed E-state index contributed by atoms with van der Waals surface area (Å²) < 4.78 is 5.74. The fourth-order valence-corrected chi connectivity index (χ4v) is 6.23. The van der Waals surface area contributed by atoms with E-state index in [1.165, 1.54) is 44.1 Å². The monoisotopic (exact) mass is 290 g/mol. The average molecular weight is 290 g/mol. The second-order valence-corrected chi connectivity index (χ2v) is 8.76. The summed E-state index contributed by atoms with van der Waals surface area (Å²) in [5.41, 5.74) is 2.20. The van der Waals surface area contributed by atoms with Crippen LogP contribution in [0, 0.1) is 28.6 Å². The molecule has 3 saturated carbocycles. The molecule has 1 unspecified atom stereocenters. The van der Waals surface area contributed by atoms with Crippen LogP contribution in [0.2, 0.25) is 0 Å². The predicted molar refractivity (Wildman–Crippen MR) is 83.6 cm³/mol. The number of rotatable bonds is 1. The summed E-state index contributed by atoms with van der Waals surface area (Å²) in [4.78, 5) is 0. The van der Waals surface area contributed by atoms with Crippen molar-refractivity contribution in [3.05, 3.63) is 12.2 Å². The van der Waals surface area contributed by atoms with E-state index in [0.717, 1.165) is 24.7 Å². The van der Waals surface area contributed by atoms with E-state index in [9.17, 15) is 5.11 Å². The van der Waals surface area contributed by atoms with Gasteiger partial charge in [0.05, 0.1) is 6.10 Å². The molecule has 2 bridgehead atoms. The van der Waals surface area contributed by atoms with Crippen LogP contribution in [0.25, 0.3) is 0 Å². The molecule has 1 heterocycles. The van der Waals surface area contributed by atoms with E-state index in [-0.39, 0.29) is 5.41 Å². The van der Waals surface area contributed by atoms with Crippen LogP contribution >= 0.6 is 0 Å². The second-order valence-electron chi connectivity index (χ2n) is 8.76. The smallest absolute Gasteiger partial charge is 0.158 e. The van der Waals surface area contributed by atoms with Gasteiger partial charge >= 0.3 is 0 Å². The van der Waals surface area contributed by atoms with Crippen molar-refractivity contribution in [2.24, 2.45) is 28.6 Å². The van der Waals surface area contributed by atoms with Crippen LogP contribution in [0.15, 0.2) is 12.2 Å². The van der Waals surface area contributed by atoms with Crippen LogP contribution in [-0.4, -0.2) is 17.5 Å². The van der Waals surface area contributed by atoms with Gasteiger partial charge in [0, 0.05) is 5.92 Å². The molecule has 4 fully saturated rings. The highest BCUT2D eigenvalue weighted by Gasteiger charge is 2.56. The van der Waals surface area contributed by atoms with Crippen LogP contribution < -0.4 is 0 Å². The summed E-state index contributed by atoms with van der Waals surface area (Å²) >= 11 is 0. The summed E-state index contributed by atoms with van der Waals surface area (Å²) in [5.74, 6) is 1.97. The van der Waals surface area contributed by atoms with E-state index in [0.29, 0.717) is 17.4 Å². The topological polar surface area (TPSA) is 29.5 Å². The van der Waals surface area contributed by atoms with E-state index >= 15 is 0 Å². The van der Waals surface area contributed by atoms with Gasteiger partial charge in [-0.25, -0.2) is 0 Å². The number of hydrogen-bond donors (Lipinski definition) is 1. The molecular formula is C19H30O2. The molecule has 1 N–H and O–H groups in total. The van der Waals surface area contributed by atoms with Gasteiger partial charge in [-0.3, -0.25) is 0 Å². The van der Waals surface area contributed by atoms with E-state index in [4.69, 9.17) is 4.74 Å². The van der Waals surface area contributed by atoms with Crippen molar-refractivity contribution < 1.29 is 9.84 Å². The Labute approximate surface area is 129 Å². The maximum atomic E-state index is 10.3. The zero-order valence-electron chi connectivity index (χ0n) is 13.6. The molecule has 3 aliphatic carbocycles. The molecule has 1 aliphatic heterocycles. The van der Waals surface area contributed by atoms with Gasteiger partial charge in [-0.15, -0.1) is 0 Å². The molecular weight excluding hydrogens is 260 g/mol. The number of fused-ring (bicyclic) bond motifs is 3. The highest BCUT2D eigenvalue weighted by Crippen LogP contribution is 2.62. The largest absolute Gasteiger partial charge is 0.368 e. The van der Waals surface area contributed by atoms with E-state index in [1.54, 1.807) is 0 Å². The molecule has 21 heavy (non-hydrogen) atoms. The summed E-state index contributed by atoms with van der Waals surface area (Å²) in [5, 5.41) is 10.3. The first-order chi connectivity index (χ1) is 9.93. The van der Waals surface area contributed by atoms with Gasteiger partial charge < -0.3 is 9.84 Å². The summed E-state index contributed by atoms with van der Waals surface area (Å²) in [7, 11) is 0. The van der Waals surface area contributed by atoms with Gasteiger partial charge in [-0.1, -0.05) is 26.0 Å². The molecule has 118 valence electrons. The standard InChI is InChI=1S/C19H30O2/c1-12-4-5-13-10-14(6-8-18(12,13)2)19(3)9-7-15-11-16(19)17(20)21-15/h13-17,20H,1,4-11H2,2-3H3/t13-,14-,15-,16-,17?,18+,19+/m0/s1. The maximum absolute atomic E-state index is 10.3. The van der Waals surface area contributed by atoms with Crippen LogP contribution in [0.4, 0.5) is 0 Å². The SMILES string of the molecule is C=C1CC[C@H]2C[C@@H]([C@@]3(C)CC[C@H]4C[C@H]3C(O)O4)CC[C@]12C. The maximum Gasteiger partial charge on any atom is 0.158 e. The van der Waals surface area contributed by atoms with Crippen molar-refractivity contribution in [2.45, 2.75) is 77.6 Å². The van der Waals surface area contributed by atoms with E-state index < -0.39 is 6.29 Å². The van der Waals surface area contributed by atoms with Gasteiger partial charge in [0.15, 0.2) is 6.29 Å². The van der Waals surface area contributed by atoms with E-state index in [2.05, 4.69) is 20.4 Å². The van der Waals surface area contributed by atoms with Gasteiger partial charge in [-0.2, -0.15) is 0 Å². The fourth-order valence-electron chi connectivity index (χ4n) is 6.23. The van der Waals surface area contributed by atoms with Gasteiger partial charge in [0.1, 0.15) is 0 Å². The normalized spacial score (nSPS) is 56.5. The molecule has 0 aromatic rings. The molecule has 4 rings (SSSR count). The molecule has 0 aromatic heterocycles. The minimum atomic E-state index is -0.505. The minimum absolute atomic E-state index is 0.289. The lowest BCUT2D eigenvalue weighted by molar-refractivity contribution is -0.123. The molecule has 7 atom stereocenters. The first kappa shape index (κ1) is 14.3. The Bertz CT molecular complexity index is 458. The predicted octanol–water partition coefficient (Wildman–Crippen LogP) is 4.28. The molecule has 2 nitrogen and oxygen atoms in total. The van der Waals surface area contributed by atoms with Crippen molar-refractivity contribution in [3.63, 3.8) is 0 Å². The molecule has 0 amide bonds. The van der Waals surface area contributed by atoms with Crippen molar-refractivity contribution in [3.8, 4) is 0 Å². The third kappa shape index (κ3) is 1.91. The Morgan fingerprint density at radius 1 is 1.10 bits per heavy atom. The van der Waals surface area contributed by atoms with Crippen molar-refractivity contribution >= 4 is 0 Å². The lowest BCUT2D eigenvalue weighted by atomic mass is 9.53. The van der Waals surface area contributed by atoms with Crippen LogP contribution in [0.5, 0.6) is 0 Å². The molecule has 0 aromatic carbocycles. The first-order valence-electron chi connectivity index (χ1n) is 8.95. The Morgan fingerprint density at radius 3 is 2.71 bits per heavy atom. The highest BCUT2D eigenvalue weighted by molar-refractivity contribution is 5.19. The van der Waals surface area contributed by atoms with Crippen LogP contribution in [-0.2, 0) is 4.74 Å². The average Bonchev–Trinajstić information content (AvgIpc) is 2.94. The Hall–Kier alpha value is -0.340. The quantitative estimate of drug-likeness (QED) is 0.730. The molecule has 0 spiro atoms. The van der Waals surface area contributed by atoms with Gasteiger partial charge in [0.2, 0.25) is 0 Å². The van der Waals surface area contributed by atoms with E-state index in [1.807, 2.05) is 0 Å². The fraction of sp³-hybridized carbons (Fsp3) is 0.895. The zero-order chi connectivity index (χ0) is 14.8. The van der Waals surface area contributed by atoms with Crippen molar-refractivity contribution in [1.29, 1.82) is 0 Å². The molecule has 2 heteroatoms. The molecule has 0 radical (unpaired) electrons. The Balaban J connectivity index is 1.56. The number of ether oxygens (including phenoxy) is 1. The third-order valence-corrected chi connectivity index (χ3v) is 8.06. The number of aliphatic hydroxyl groups is 1. The lowest BCUT2D eigenvalue weighted by Crippen LogP contribution is -2.45. The molecule has 1 saturated heterocycles. The summed E-state index contributed by atoms with van der Waals surface area (Å²) in [6, 6.07) is 0. The summed E-state index contributed by atoms with van der Waals surface area (Å²) in [6.45, 7) is 9.26. The lowest BCUT2D eigenvalue weighted by Gasteiger charge is -2.51. The number of allylic oxidation sites excluding steroid dienone is 1. The van der Waals surface area contributed by atoms with Crippen LogP contribution in [0.1, 0.15) is 65.2 Å². The van der Waals surface area contributed by atoms with Gasteiger partial charge in [-0.05, 0) is 74.0 Å².